The zero-order valence-corrected chi connectivity index (χ0v) is 14.3. The molecule has 0 aliphatic carbocycles. The fraction of sp³-hybridized carbons (Fsp3) is 0.412. The second-order valence-corrected chi connectivity index (χ2v) is 6.19. The summed E-state index contributed by atoms with van der Waals surface area (Å²) in [5, 5.41) is 13.7. The number of nitrogens with one attached hydrogen (secondary N) is 2. The SMILES string of the molecule is CCC(C)N(CC(=O)O)C(=O)c1ccc(C2(C)NC(=O)NC2=O)cc1. The van der Waals surface area contributed by atoms with E-state index in [0.717, 1.165) is 0 Å². The number of aliphatic carboxylic acids is 1. The molecule has 1 aliphatic heterocycles. The molecule has 1 fully saturated rings. The molecule has 3 N–H and O–H groups in total. The van der Waals surface area contributed by atoms with Gasteiger partial charge in [0.15, 0.2) is 0 Å². The Hall–Kier alpha value is -2.90. The molecule has 2 atom stereocenters. The summed E-state index contributed by atoms with van der Waals surface area (Å²) in [4.78, 5) is 48.2. The highest BCUT2D eigenvalue weighted by Gasteiger charge is 2.43. The lowest BCUT2D eigenvalue weighted by atomic mass is 9.91. The minimum absolute atomic E-state index is 0.222. The number of urea groups is 1. The highest BCUT2D eigenvalue weighted by molar-refractivity contribution is 6.07. The Bertz CT molecular complexity index is 715. The minimum atomic E-state index is -1.20. The van der Waals surface area contributed by atoms with Gasteiger partial charge in [-0.2, -0.15) is 0 Å². The Morgan fingerprint density at radius 1 is 1.24 bits per heavy atom. The summed E-state index contributed by atoms with van der Waals surface area (Å²) in [7, 11) is 0. The van der Waals surface area contributed by atoms with Gasteiger partial charge in [-0.15, -0.1) is 0 Å². The lowest BCUT2D eigenvalue weighted by Gasteiger charge is -2.27. The molecule has 0 saturated carbocycles. The highest BCUT2D eigenvalue weighted by atomic mass is 16.4. The fourth-order valence-electron chi connectivity index (χ4n) is 2.65. The molecule has 2 rings (SSSR count). The van der Waals surface area contributed by atoms with E-state index in [-0.39, 0.29) is 12.6 Å². The summed E-state index contributed by atoms with van der Waals surface area (Å²) in [6, 6.07) is 5.41. The maximum absolute atomic E-state index is 12.6. The van der Waals surface area contributed by atoms with E-state index in [1.54, 1.807) is 26.0 Å². The highest BCUT2D eigenvalue weighted by Crippen LogP contribution is 2.25. The third-order valence-electron chi connectivity index (χ3n) is 4.44. The topological polar surface area (TPSA) is 116 Å². The lowest BCUT2D eigenvalue weighted by molar-refractivity contribution is -0.138. The van der Waals surface area contributed by atoms with Gasteiger partial charge in [-0.05, 0) is 38.0 Å². The Morgan fingerprint density at radius 2 is 1.84 bits per heavy atom. The molecule has 4 amide bonds. The average Bonchev–Trinajstić information content (AvgIpc) is 2.84. The first kappa shape index (κ1) is 18.4. The number of rotatable bonds is 6. The first-order valence-electron chi connectivity index (χ1n) is 7.96. The van der Waals surface area contributed by atoms with E-state index in [2.05, 4.69) is 10.6 Å². The van der Waals surface area contributed by atoms with E-state index in [1.165, 1.54) is 17.0 Å². The zero-order valence-electron chi connectivity index (χ0n) is 14.3. The molecule has 8 nitrogen and oxygen atoms in total. The Kier molecular flexibility index (Phi) is 5.10. The number of carboxylic acids is 1. The minimum Gasteiger partial charge on any atom is -0.480 e. The third kappa shape index (κ3) is 3.62. The number of carboxylic acid groups (broad SMARTS) is 1. The van der Waals surface area contributed by atoms with Crippen molar-refractivity contribution in [3.05, 3.63) is 35.4 Å². The van der Waals surface area contributed by atoms with Gasteiger partial charge in [0.25, 0.3) is 11.8 Å². The second-order valence-electron chi connectivity index (χ2n) is 6.19. The molecule has 1 heterocycles. The van der Waals surface area contributed by atoms with Crippen molar-refractivity contribution in [3.8, 4) is 0 Å². The van der Waals surface area contributed by atoms with Gasteiger partial charge in [-0.25, -0.2) is 4.79 Å². The maximum Gasteiger partial charge on any atom is 0.323 e. The van der Waals surface area contributed by atoms with Crippen molar-refractivity contribution in [2.24, 2.45) is 0 Å². The van der Waals surface area contributed by atoms with E-state index in [0.29, 0.717) is 17.5 Å². The zero-order chi connectivity index (χ0) is 18.8. The predicted octanol–water partition coefficient (Wildman–Crippen LogP) is 1.07. The third-order valence-corrected chi connectivity index (χ3v) is 4.44. The molecule has 134 valence electrons. The molecule has 1 saturated heterocycles. The Labute approximate surface area is 145 Å². The number of carbonyl (C=O) groups is 4. The van der Waals surface area contributed by atoms with E-state index < -0.39 is 29.4 Å². The monoisotopic (exact) mass is 347 g/mol. The van der Waals surface area contributed by atoms with Gasteiger partial charge < -0.3 is 15.3 Å². The molecule has 8 heteroatoms. The van der Waals surface area contributed by atoms with Gasteiger partial charge in [0.1, 0.15) is 12.1 Å². The molecular formula is C17H21N3O5. The van der Waals surface area contributed by atoms with Gasteiger partial charge in [0.05, 0.1) is 0 Å². The molecule has 1 aliphatic rings. The average molecular weight is 347 g/mol. The number of benzene rings is 1. The summed E-state index contributed by atoms with van der Waals surface area (Å²) >= 11 is 0. The van der Waals surface area contributed by atoms with Crippen molar-refractivity contribution in [2.45, 2.75) is 38.8 Å². The quantitative estimate of drug-likeness (QED) is 0.666. The van der Waals surface area contributed by atoms with Crippen LogP contribution in [0.5, 0.6) is 0 Å². The number of hydrogen-bond donors (Lipinski definition) is 3. The van der Waals surface area contributed by atoms with Gasteiger partial charge in [-0.3, -0.25) is 19.7 Å². The van der Waals surface area contributed by atoms with Crippen LogP contribution < -0.4 is 10.6 Å². The van der Waals surface area contributed by atoms with E-state index in [4.69, 9.17) is 5.11 Å². The Morgan fingerprint density at radius 3 is 2.28 bits per heavy atom. The van der Waals surface area contributed by atoms with Crippen molar-refractivity contribution in [1.29, 1.82) is 0 Å². The van der Waals surface area contributed by atoms with Crippen molar-refractivity contribution < 1.29 is 24.3 Å². The first-order chi connectivity index (χ1) is 11.7. The van der Waals surface area contributed by atoms with Crippen LogP contribution in [0.15, 0.2) is 24.3 Å². The van der Waals surface area contributed by atoms with E-state index in [9.17, 15) is 19.2 Å². The molecule has 0 bridgehead atoms. The van der Waals surface area contributed by atoms with Crippen LogP contribution in [-0.4, -0.2) is 46.4 Å². The van der Waals surface area contributed by atoms with Gasteiger partial charge in [0.2, 0.25) is 0 Å². The lowest BCUT2D eigenvalue weighted by Crippen LogP contribution is -2.42. The molecule has 2 unspecified atom stereocenters. The molecule has 0 aromatic heterocycles. The van der Waals surface area contributed by atoms with Crippen LogP contribution in [-0.2, 0) is 15.1 Å². The summed E-state index contributed by atoms with van der Waals surface area (Å²) in [5.41, 5.74) is -0.352. The predicted molar refractivity (Wildman–Crippen MR) is 88.9 cm³/mol. The molecule has 1 aromatic carbocycles. The van der Waals surface area contributed by atoms with E-state index in [1.807, 2.05) is 6.92 Å². The van der Waals surface area contributed by atoms with Crippen molar-refractivity contribution in [2.75, 3.05) is 6.54 Å². The summed E-state index contributed by atoms with van der Waals surface area (Å²) in [6.07, 6.45) is 0.626. The number of imide groups is 1. The maximum atomic E-state index is 12.6. The van der Waals surface area contributed by atoms with Crippen molar-refractivity contribution >= 4 is 23.8 Å². The summed E-state index contributed by atoms with van der Waals surface area (Å²) < 4.78 is 0. The molecular weight excluding hydrogens is 326 g/mol. The van der Waals surface area contributed by atoms with Crippen LogP contribution in [0, 0.1) is 0 Å². The molecule has 25 heavy (non-hydrogen) atoms. The number of hydrogen-bond acceptors (Lipinski definition) is 4. The van der Waals surface area contributed by atoms with Crippen LogP contribution in [0.3, 0.4) is 0 Å². The second kappa shape index (κ2) is 6.92. The fourth-order valence-corrected chi connectivity index (χ4v) is 2.65. The number of nitrogens with zero attached hydrogens (tertiary/aromatic N) is 1. The molecule has 0 radical (unpaired) electrons. The largest absolute Gasteiger partial charge is 0.480 e. The Balaban J connectivity index is 2.26. The summed E-state index contributed by atoms with van der Waals surface area (Å²) in [5.74, 6) is -1.94. The normalized spacial score (nSPS) is 20.6. The van der Waals surface area contributed by atoms with Crippen LogP contribution in [0.2, 0.25) is 0 Å². The van der Waals surface area contributed by atoms with E-state index >= 15 is 0 Å². The molecule has 0 spiro atoms. The van der Waals surface area contributed by atoms with Crippen molar-refractivity contribution in [3.63, 3.8) is 0 Å². The van der Waals surface area contributed by atoms with Crippen LogP contribution in [0.25, 0.3) is 0 Å². The van der Waals surface area contributed by atoms with Crippen molar-refractivity contribution in [1.82, 2.24) is 15.5 Å². The van der Waals surface area contributed by atoms with Crippen LogP contribution in [0.1, 0.15) is 43.1 Å². The first-order valence-corrected chi connectivity index (χ1v) is 7.96. The number of carbonyl (C=O) groups excluding carboxylic acids is 3. The molecule has 1 aromatic rings. The smallest absolute Gasteiger partial charge is 0.323 e. The standard InChI is InChI=1S/C17H21N3O5/c1-4-10(2)20(9-13(21)22)14(23)11-5-7-12(8-6-11)17(3)15(24)18-16(25)19-17/h5-8,10H,4,9H2,1-3H3,(H,21,22)(H2,18,19,24,25). The van der Waals surface area contributed by atoms with Gasteiger partial charge in [-0.1, -0.05) is 19.1 Å². The van der Waals surface area contributed by atoms with Crippen LogP contribution >= 0.6 is 0 Å². The van der Waals surface area contributed by atoms with Gasteiger partial charge >= 0.3 is 12.0 Å². The number of amides is 4. The summed E-state index contributed by atoms with van der Waals surface area (Å²) in [6.45, 7) is 4.85. The van der Waals surface area contributed by atoms with Gasteiger partial charge in [0, 0.05) is 11.6 Å². The van der Waals surface area contributed by atoms with Crippen LogP contribution in [0.4, 0.5) is 4.79 Å².